The first kappa shape index (κ1) is 16.8. The molecule has 2 heterocycles. The van der Waals surface area contributed by atoms with Crippen LogP contribution in [0.2, 0.25) is 0 Å². The van der Waals surface area contributed by atoms with E-state index in [2.05, 4.69) is 10.3 Å². The van der Waals surface area contributed by atoms with Gasteiger partial charge in [-0.05, 0) is 19.1 Å². The van der Waals surface area contributed by atoms with Crippen molar-refractivity contribution in [3.8, 4) is 11.5 Å². The summed E-state index contributed by atoms with van der Waals surface area (Å²) in [5, 5.41) is 2.74. The number of carbonyl (C=O) groups is 1. The number of aromatic amines is 1. The first-order chi connectivity index (χ1) is 12.0. The highest BCUT2D eigenvalue weighted by atomic mass is 16.6. The Morgan fingerprint density at radius 2 is 2.08 bits per heavy atom. The molecule has 2 aromatic rings. The smallest absolute Gasteiger partial charge is 0.328 e. The highest BCUT2D eigenvalue weighted by Gasteiger charge is 2.20. The Kier molecular flexibility index (Phi) is 4.87. The molecule has 3 rings (SSSR count). The van der Waals surface area contributed by atoms with E-state index in [1.807, 2.05) is 24.3 Å². The first-order valence-electron chi connectivity index (χ1n) is 7.98. The zero-order chi connectivity index (χ0) is 17.8. The molecule has 8 heteroatoms. The third-order valence-electron chi connectivity index (χ3n) is 3.86. The number of para-hydroxylation sites is 2. The quantitative estimate of drug-likeness (QED) is 0.805. The topological polar surface area (TPSA) is 102 Å². The molecule has 0 saturated heterocycles. The largest absolute Gasteiger partial charge is 0.486 e. The molecule has 1 aliphatic heterocycles. The number of aryl methyl sites for hydroxylation is 1. The fourth-order valence-corrected chi connectivity index (χ4v) is 2.52. The van der Waals surface area contributed by atoms with Crippen LogP contribution in [-0.2, 0) is 11.3 Å². The van der Waals surface area contributed by atoms with Gasteiger partial charge in [0.1, 0.15) is 19.3 Å². The van der Waals surface area contributed by atoms with Gasteiger partial charge in [0.15, 0.2) is 11.5 Å². The summed E-state index contributed by atoms with van der Waals surface area (Å²) in [6, 6.07) is 7.43. The number of fused-ring (bicyclic) bond motifs is 1. The van der Waals surface area contributed by atoms with Crippen LogP contribution in [0.5, 0.6) is 11.5 Å². The van der Waals surface area contributed by atoms with Gasteiger partial charge in [0, 0.05) is 24.7 Å². The van der Waals surface area contributed by atoms with E-state index in [1.54, 1.807) is 6.92 Å². The van der Waals surface area contributed by atoms with Crippen LogP contribution < -0.4 is 26.0 Å². The molecule has 8 nitrogen and oxygen atoms in total. The summed E-state index contributed by atoms with van der Waals surface area (Å²) in [7, 11) is 0. The van der Waals surface area contributed by atoms with Gasteiger partial charge in [0.05, 0.1) is 0 Å². The summed E-state index contributed by atoms with van der Waals surface area (Å²) in [6.45, 7) is 2.24. The summed E-state index contributed by atoms with van der Waals surface area (Å²) in [5.41, 5.74) is -0.679. The molecule has 132 valence electrons. The van der Waals surface area contributed by atoms with Gasteiger partial charge in [-0.1, -0.05) is 12.1 Å². The Balaban J connectivity index is 1.48. The average Bonchev–Trinajstić information content (AvgIpc) is 2.59. The van der Waals surface area contributed by atoms with Gasteiger partial charge in [0.2, 0.25) is 5.91 Å². The maximum Gasteiger partial charge on any atom is 0.328 e. The van der Waals surface area contributed by atoms with Gasteiger partial charge in [-0.15, -0.1) is 0 Å². The van der Waals surface area contributed by atoms with E-state index in [1.165, 1.54) is 10.8 Å². The number of carbonyl (C=O) groups excluding carboxylic acids is 1. The zero-order valence-electron chi connectivity index (χ0n) is 13.8. The van der Waals surface area contributed by atoms with Gasteiger partial charge in [-0.2, -0.15) is 0 Å². The van der Waals surface area contributed by atoms with E-state index in [4.69, 9.17) is 9.47 Å². The maximum atomic E-state index is 12.0. The number of benzene rings is 1. The molecule has 0 saturated carbocycles. The zero-order valence-corrected chi connectivity index (χ0v) is 13.8. The second-order valence-electron chi connectivity index (χ2n) is 5.84. The number of nitrogens with zero attached hydrogens (tertiary/aromatic N) is 1. The van der Waals surface area contributed by atoms with Crippen molar-refractivity contribution in [2.24, 2.45) is 0 Å². The molecule has 1 aromatic heterocycles. The molecule has 2 N–H and O–H groups in total. The number of aromatic nitrogens is 2. The highest BCUT2D eigenvalue weighted by molar-refractivity contribution is 5.75. The molecular weight excluding hydrogens is 326 g/mol. The normalized spacial score (nSPS) is 15.6. The van der Waals surface area contributed by atoms with Crippen molar-refractivity contribution in [2.45, 2.75) is 26.0 Å². The van der Waals surface area contributed by atoms with Crippen molar-refractivity contribution in [3.63, 3.8) is 0 Å². The monoisotopic (exact) mass is 345 g/mol. The van der Waals surface area contributed by atoms with Gasteiger partial charge >= 0.3 is 5.69 Å². The minimum absolute atomic E-state index is 0.145. The lowest BCUT2D eigenvalue weighted by Gasteiger charge is -2.26. The number of hydrogen-bond acceptors (Lipinski definition) is 5. The summed E-state index contributed by atoms with van der Waals surface area (Å²) in [5.74, 6) is 1.10. The van der Waals surface area contributed by atoms with E-state index in [-0.39, 0.29) is 18.6 Å². The molecule has 1 aliphatic rings. The summed E-state index contributed by atoms with van der Waals surface area (Å²) < 4.78 is 12.6. The van der Waals surface area contributed by atoms with Crippen molar-refractivity contribution in [3.05, 3.63) is 56.9 Å². The minimum Gasteiger partial charge on any atom is -0.486 e. The van der Waals surface area contributed by atoms with Crippen LogP contribution in [0.25, 0.3) is 0 Å². The lowest BCUT2D eigenvalue weighted by molar-refractivity contribution is -0.121. The van der Waals surface area contributed by atoms with E-state index >= 15 is 0 Å². The third-order valence-corrected chi connectivity index (χ3v) is 3.86. The average molecular weight is 345 g/mol. The van der Waals surface area contributed by atoms with Crippen LogP contribution in [0.1, 0.15) is 12.0 Å². The number of hydrogen-bond donors (Lipinski definition) is 2. The van der Waals surface area contributed by atoms with Gasteiger partial charge in [-0.25, -0.2) is 4.79 Å². The van der Waals surface area contributed by atoms with Crippen LogP contribution in [0.3, 0.4) is 0 Å². The van der Waals surface area contributed by atoms with Crippen molar-refractivity contribution in [2.75, 3.05) is 13.2 Å². The van der Waals surface area contributed by atoms with Crippen molar-refractivity contribution >= 4 is 5.91 Å². The fourth-order valence-electron chi connectivity index (χ4n) is 2.52. The number of ether oxygens (including phenoxy) is 2. The van der Waals surface area contributed by atoms with E-state index < -0.39 is 11.2 Å². The second kappa shape index (κ2) is 7.25. The fraction of sp³-hybridized carbons (Fsp3) is 0.353. The van der Waals surface area contributed by atoms with Crippen molar-refractivity contribution in [1.29, 1.82) is 0 Å². The Morgan fingerprint density at radius 3 is 2.88 bits per heavy atom. The SMILES string of the molecule is Cc1cn(CC(=O)NCC[C@H]2COc3ccccc3O2)c(=O)[nH]c1=O. The first-order valence-corrected chi connectivity index (χ1v) is 7.98. The van der Waals surface area contributed by atoms with E-state index in [0.29, 0.717) is 30.9 Å². The lowest BCUT2D eigenvalue weighted by Crippen LogP contribution is -2.38. The predicted octanol–water partition coefficient (Wildman–Crippen LogP) is 0.191. The summed E-state index contributed by atoms with van der Waals surface area (Å²) in [4.78, 5) is 37.1. The Labute approximate surface area is 143 Å². The van der Waals surface area contributed by atoms with Crippen LogP contribution in [-0.4, -0.2) is 34.7 Å². The molecule has 25 heavy (non-hydrogen) atoms. The Morgan fingerprint density at radius 1 is 1.32 bits per heavy atom. The molecule has 0 bridgehead atoms. The summed E-state index contributed by atoms with van der Waals surface area (Å²) in [6.07, 6.45) is 1.81. The Bertz CT molecular complexity index is 886. The van der Waals surface area contributed by atoms with Crippen LogP contribution in [0.4, 0.5) is 0 Å². The molecule has 0 aliphatic carbocycles. The Hall–Kier alpha value is -3.03. The van der Waals surface area contributed by atoms with Gasteiger partial charge in [0.25, 0.3) is 5.56 Å². The van der Waals surface area contributed by atoms with Crippen molar-refractivity contribution < 1.29 is 14.3 Å². The molecular formula is C17H19N3O5. The molecule has 1 aromatic carbocycles. The third kappa shape index (κ3) is 4.09. The molecule has 0 radical (unpaired) electrons. The molecule has 0 fully saturated rings. The van der Waals surface area contributed by atoms with Crippen LogP contribution in [0, 0.1) is 6.92 Å². The molecule has 1 amide bonds. The van der Waals surface area contributed by atoms with Crippen molar-refractivity contribution in [1.82, 2.24) is 14.9 Å². The van der Waals surface area contributed by atoms with Crippen LogP contribution >= 0.6 is 0 Å². The van der Waals surface area contributed by atoms with E-state index in [0.717, 1.165) is 5.75 Å². The maximum absolute atomic E-state index is 12.0. The van der Waals surface area contributed by atoms with Gasteiger partial charge < -0.3 is 14.8 Å². The number of rotatable bonds is 5. The number of amides is 1. The second-order valence-corrected chi connectivity index (χ2v) is 5.84. The van der Waals surface area contributed by atoms with Gasteiger partial charge in [-0.3, -0.25) is 19.1 Å². The lowest BCUT2D eigenvalue weighted by atomic mass is 10.2. The minimum atomic E-state index is -0.605. The summed E-state index contributed by atoms with van der Waals surface area (Å²) >= 11 is 0. The highest BCUT2D eigenvalue weighted by Crippen LogP contribution is 2.31. The molecule has 1 atom stereocenters. The van der Waals surface area contributed by atoms with E-state index in [9.17, 15) is 14.4 Å². The number of H-pyrrole nitrogens is 1. The number of nitrogens with one attached hydrogen (secondary N) is 2. The molecule has 0 spiro atoms. The van der Waals surface area contributed by atoms with Crippen LogP contribution in [0.15, 0.2) is 40.1 Å². The standard InChI is InChI=1S/C17H19N3O5/c1-11-8-20(17(23)19-16(11)22)9-15(21)18-7-6-12-10-24-13-4-2-3-5-14(13)25-12/h2-5,8,12H,6-7,9-10H2,1H3,(H,18,21)(H,19,22,23)/t12-/m0/s1. The molecule has 0 unspecified atom stereocenters. The predicted molar refractivity (Wildman–Crippen MR) is 90.0 cm³/mol.